The van der Waals surface area contributed by atoms with Crippen LogP contribution in [0.25, 0.3) is 5.82 Å². The van der Waals surface area contributed by atoms with Gasteiger partial charge in [0.2, 0.25) is 5.88 Å². The SMILES string of the molecule is Cc1c(C(=O)N2CCN(C(=O)C3CCCO3)CC2)cnn1-c1cc(OC(C)C)ncn1. The lowest BCUT2D eigenvalue weighted by molar-refractivity contribution is -0.142. The minimum atomic E-state index is -0.319. The Labute approximate surface area is 181 Å². The first-order valence-corrected chi connectivity index (χ1v) is 10.7. The van der Waals surface area contributed by atoms with E-state index in [4.69, 9.17) is 9.47 Å². The van der Waals surface area contributed by atoms with E-state index in [0.717, 1.165) is 12.8 Å². The maximum Gasteiger partial charge on any atom is 0.257 e. The molecular formula is C21H28N6O4. The van der Waals surface area contributed by atoms with Crippen molar-refractivity contribution in [2.45, 2.75) is 45.8 Å². The van der Waals surface area contributed by atoms with Crippen LogP contribution in [0.15, 0.2) is 18.6 Å². The third kappa shape index (κ3) is 4.53. The average Bonchev–Trinajstić information content (AvgIpc) is 3.43. The van der Waals surface area contributed by atoms with Gasteiger partial charge in [0.1, 0.15) is 12.4 Å². The largest absolute Gasteiger partial charge is 0.475 e. The van der Waals surface area contributed by atoms with Crippen LogP contribution in [0.2, 0.25) is 0 Å². The highest BCUT2D eigenvalue weighted by molar-refractivity contribution is 5.95. The second-order valence-electron chi connectivity index (χ2n) is 8.06. The zero-order valence-electron chi connectivity index (χ0n) is 18.2. The van der Waals surface area contributed by atoms with E-state index in [-0.39, 0.29) is 24.0 Å². The van der Waals surface area contributed by atoms with E-state index < -0.39 is 0 Å². The zero-order chi connectivity index (χ0) is 22.0. The molecule has 2 aromatic heterocycles. The number of aromatic nitrogens is 4. The molecule has 2 fully saturated rings. The molecule has 10 heteroatoms. The fourth-order valence-corrected chi connectivity index (χ4v) is 3.88. The van der Waals surface area contributed by atoms with Crippen LogP contribution in [0.3, 0.4) is 0 Å². The van der Waals surface area contributed by atoms with Gasteiger partial charge in [-0.05, 0) is 33.6 Å². The van der Waals surface area contributed by atoms with E-state index in [2.05, 4.69) is 15.1 Å². The lowest BCUT2D eigenvalue weighted by Crippen LogP contribution is -2.52. The van der Waals surface area contributed by atoms with E-state index in [1.807, 2.05) is 20.8 Å². The zero-order valence-corrected chi connectivity index (χ0v) is 18.2. The summed E-state index contributed by atoms with van der Waals surface area (Å²) >= 11 is 0. The van der Waals surface area contributed by atoms with Gasteiger partial charge in [-0.15, -0.1) is 0 Å². The fraction of sp³-hybridized carbons (Fsp3) is 0.571. The van der Waals surface area contributed by atoms with Gasteiger partial charge < -0.3 is 19.3 Å². The normalized spacial score (nSPS) is 19.2. The van der Waals surface area contributed by atoms with Crippen molar-refractivity contribution < 1.29 is 19.1 Å². The van der Waals surface area contributed by atoms with Crippen LogP contribution in [0.5, 0.6) is 5.88 Å². The molecular weight excluding hydrogens is 400 g/mol. The molecule has 2 aromatic rings. The Morgan fingerprint density at radius 3 is 2.58 bits per heavy atom. The van der Waals surface area contributed by atoms with Crippen molar-refractivity contribution in [3.8, 4) is 11.7 Å². The van der Waals surface area contributed by atoms with Crippen LogP contribution in [-0.4, -0.2) is 86.4 Å². The smallest absolute Gasteiger partial charge is 0.257 e. The minimum absolute atomic E-state index is 0.00983. The molecule has 4 heterocycles. The number of amides is 2. The molecule has 2 aliphatic heterocycles. The number of ether oxygens (including phenoxy) is 2. The van der Waals surface area contributed by atoms with Crippen LogP contribution in [-0.2, 0) is 9.53 Å². The van der Waals surface area contributed by atoms with Crippen LogP contribution in [0, 0.1) is 6.92 Å². The first-order chi connectivity index (χ1) is 14.9. The summed E-state index contributed by atoms with van der Waals surface area (Å²) < 4.78 is 12.7. The Balaban J connectivity index is 1.42. The van der Waals surface area contributed by atoms with E-state index in [1.54, 1.807) is 26.7 Å². The van der Waals surface area contributed by atoms with Crippen LogP contribution in [0.4, 0.5) is 0 Å². The van der Waals surface area contributed by atoms with Crippen molar-refractivity contribution in [3.63, 3.8) is 0 Å². The summed E-state index contributed by atoms with van der Waals surface area (Å²) in [5.74, 6) is 0.932. The lowest BCUT2D eigenvalue weighted by Gasteiger charge is -2.35. The van der Waals surface area contributed by atoms with Gasteiger partial charge in [0.05, 0.1) is 23.6 Å². The summed E-state index contributed by atoms with van der Waals surface area (Å²) in [6.45, 7) is 8.33. The number of carbonyl (C=O) groups excluding carboxylic acids is 2. The van der Waals surface area contributed by atoms with Crippen molar-refractivity contribution in [1.29, 1.82) is 0 Å². The first-order valence-electron chi connectivity index (χ1n) is 10.7. The summed E-state index contributed by atoms with van der Waals surface area (Å²) in [6.07, 6.45) is 4.36. The standard InChI is InChI=1S/C21H28N6O4/c1-14(2)31-19-11-18(22-13-23-19)27-15(3)16(12-24-27)20(28)25-6-8-26(9-7-25)21(29)17-5-4-10-30-17/h11-14,17H,4-10H2,1-3H3. The van der Waals surface area contributed by atoms with Gasteiger partial charge in [-0.1, -0.05) is 0 Å². The van der Waals surface area contributed by atoms with Crippen molar-refractivity contribution in [3.05, 3.63) is 29.8 Å². The predicted octanol–water partition coefficient (Wildman–Crippen LogP) is 1.22. The quantitative estimate of drug-likeness (QED) is 0.705. The van der Waals surface area contributed by atoms with Crippen LogP contribution >= 0.6 is 0 Å². The Morgan fingerprint density at radius 1 is 1.16 bits per heavy atom. The maximum atomic E-state index is 13.1. The highest BCUT2D eigenvalue weighted by Crippen LogP contribution is 2.20. The molecule has 0 aliphatic carbocycles. The molecule has 4 rings (SSSR count). The molecule has 31 heavy (non-hydrogen) atoms. The minimum Gasteiger partial charge on any atom is -0.475 e. The van der Waals surface area contributed by atoms with Gasteiger partial charge in [0.15, 0.2) is 5.82 Å². The maximum absolute atomic E-state index is 13.1. The third-order valence-corrected chi connectivity index (χ3v) is 5.52. The molecule has 0 saturated carbocycles. The van der Waals surface area contributed by atoms with Gasteiger partial charge in [-0.2, -0.15) is 5.10 Å². The Morgan fingerprint density at radius 2 is 1.90 bits per heavy atom. The van der Waals surface area contributed by atoms with E-state index in [9.17, 15) is 9.59 Å². The number of rotatable bonds is 5. The van der Waals surface area contributed by atoms with Gasteiger partial charge in [0, 0.05) is 38.9 Å². The number of hydrogen-bond acceptors (Lipinski definition) is 7. The summed E-state index contributed by atoms with van der Waals surface area (Å²) in [6, 6.07) is 1.70. The molecule has 166 valence electrons. The van der Waals surface area contributed by atoms with Crippen LogP contribution < -0.4 is 4.74 Å². The molecule has 0 bridgehead atoms. The molecule has 0 N–H and O–H groups in total. The van der Waals surface area contributed by atoms with Gasteiger partial charge >= 0.3 is 0 Å². The molecule has 1 atom stereocenters. The van der Waals surface area contributed by atoms with Crippen molar-refractivity contribution in [1.82, 2.24) is 29.5 Å². The highest BCUT2D eigenvalue weighted by atomic mass is 16.5. The van der Waals surface area contributed by atoms with E-state index >= 15 is 0 Å². The van der Waals surface area contributed by atoms with Gasteiger partial charge in [-0.3, -0.25) is 9.59 Å². The summed E-state index contributed by atoms with van der Waals surface area (Å²) in [4.78, 5) is 37.5. The summed E-state index contributed by atoms with van der Waals surface area (Å²) in [5, 5.41) is 4.36. The average molecular weight is 428 g/mol. The second kappa shape index (κ2) is 9.01. The third-order valence-electron chi connectivity index (χ3n) is 5.52. The van der Waals surface area contributed by atoms with Crippen molar-refractivity contribution >= 4 is 11.8 Å². The Hall–Kier alpha value is -3.01. The molecule has 0 aromatic carbocycles. The molecule has 2 amide bonds. The van der Waals surface area contributed by atoms with E-state index in [0.29, 0.717) is 55.7 Å². The van der Waals surface area contributed by atoms with Gasteiger partial charge in [0.25, 0.3) is 11.8 Å². The Kier molecular flexibility index (Phi) is 6.17. The van der Waals surface area contributed by atoms with Gasteiger partial charge in [-0.25, -0.2) is 14.6 Å². The monoisotopic (exact) mass is 428 g/mol. The second-order valence-corrected chi connectivity index (χ2v) is 8.06. The van der Waals surface area contributed by atoms with Crippen LogP contribution in [0.1, 0.15) is 42.7 Å². The molecule has 2 aliphatic rings. The number of hydrogen-bond donors (Lipinski definition) is 0. The molecule has 0 spiro atoms. The first kappa shape index (κ1) is 21.2. The predicted molar refractivity (Wildman–Crippen MR) is 111 cm³/mol. The molecule has 2 saturated heterocycles. The number of nitrogens with zero attached hydrogens (tertiary/aromatic N) is 6. The summed E-state index contributed by atoms with van der Waals surface area (Å²) in [5.41, 5.74) is 1.21. The van der Waals surface area contributed by atoms with Crippen molar-refractivity contribution in [2.24, 2.45) is 0 Å². The number of piperazine rings is 1. The van der Waals surface area contributed by atoms with E-state index in [1.165, 1.54) is 6.33 Å². The molecule has 1 unspecified atom stereocenters. The molecule has 0 radical (unpaired) electrons. The molecule has 10 nitrogen and oxygen atoms in total. The summed E-state index contributed by atoms with van der Waals surface area (Å²) in [7, 11) is 0. The lowest BCUT2D eigenvalue weighted by atomic mass is 10.1. The highest BCUT2D eigenvalue weighted by Gasteiger charge is 2.32. The Bertz CT molecular complexity index is 945. The number of carbonyl (C=O) groups is 2. The fourth-order valence-electron chi connectivity index (χ4n) is 3.88. The van der Waals surface area contributed by atoms with Crippen molar-refractivity contribution in [2.75, 3.05) is 32.8 Å². The topological polar surface area (TPSA) is 103 Å².